The zero-order valence-corrected chi connectivity index (χ0v) is 12.4. The number of aliphatic hydroxyl groups excluding tert-OH is 1. The zero-order chi connectivity index (χ0) is 14.2. The van der Waals surface area contributed by atoms with E-state index in [0.29, 0.717) is 32.2 Å². The quantitative estimate of drug-likeness (QED) is 0.781. The Morgan fingerprint density at radius 1 is 1.25 bits per heavy atom. The molecule has 0 aromatic rings. The predicted octanol–water partition coefficient (Wildman–Crippen LogP) is 0.720. The average molecular weight is 284 g/mol. The van der Waals surface area contributed by atoms with Gasteiger partial charge in [0, 0.05) is 32.7 Å². The van der Waals surface area contributed by atoms with Crippen LogP contribution in [0.3, 0.4) is 0 Å². The Morgan fingerprint density at radius 2 is 2.05 bits per heavy atom. The Balaban J connectivity index is 1.61. The largest absolute Gasteiger partial charge is 0.396 e. The second-order valence-electron chi connectivity index (χ2n) is 5.92. The van der Waals surface area contributed by atoms with Crippen LogP contribution < -0.4 is 0 Å². The molecule has 1 atom stereocenters. The molecule has 1 N–H and O–H groups in total. The third kappa shape index (κ3) is 5.04. The number of carbonyl (C=O) groups excluding carboxylic acids is 1. The van der Waals surface area contributed by atoms with E-state index in [4.69, 9.17) is 9.84 Å². The fourth-order valence-electron chi connectivity index (χ4n) is 3.20. The van der Waals surface area contributed by atoms with Crippen molar-refractivity contribution in [2.75, 3.05) is 52.5 Å². The summed E-state index contributed by atoms with van der Waals surface area (Å²) in [7, 11) is 0. The first kappa shape index (κ1) is 15.7. The van der Waals surface area contributed by atoms with Crippen LogP contribution in [-0.4, -0.2) is 73.4 Å². The van der Waals surface area contributed by atoms with E-state index in [-0.39, 0.29) is 5.91 Å². The number of morpholine rings is 1. The number of ether oxygens (including phenoxy) is 1. The van der Waals surface area contributed by atoms with Crippen LogP contribution in [0.25, 0.3) is 0 Å². The van der Waals surface area contributed by atoms with Crippen LogP contribution in [0, 0.1) is 5.92 Å². The van der Waals surface area contributed by atoms with Crippen molar-refractivity contribution >= 4 is 5.91 Å². The molecule has 2 aliphatic rings. The molecule has 0 spiro atoms. The van der Waals surface area contributed by atoms with Gasteiger partial charge in [0.25, 0.3) is 0 Å². The first-order valence-corrected chi connectivity index (χ1v) is 7.98. The standard InChI is InChI=1S/C15H28N2O3/c18-10-5-14-3-1-6-16(13-14)7-2-4-15(19)17-8-11-20-12-9-17/h14,18H,1-13H2. The van der Waals surface area contributed by atoms with E-state index < -0.39 is 0 Å². The number of carbonyl (C=O) groups is 1. The smallest absolute Gasteiger partial charge is 0.222 e. The molecular weight excluding hydrogens is 256 g/mol. The molecule has 5 nitrogen and oxygen atoms in total. The molecule has 0 bridgehead atoms. The van der Waals surface area contributed by atoms with Crippen LogP contribution in [0.2, 0.25) is 0 Å². The van der Waals surface area contributed by atoms with Gasteiger partial charge in [-0.3, -0.25) is 4.79 Å². The Labute approximate surface area is 121 Å². The molecule has 2 rings (SSSR count). The SMILES string of the molecule is O=C(CCCN1CCCC(CCO)C1)N1CCOCC1. The number of amides is 1. The van der Waals surface area contributed by atoms with E-state index in [1.807, 2.05) is 4.90 Å². The number of hydrogen-bond donors (Lipinski definition) is 1. The van der Waals surface area contributed by atoms with E-state index in [1.165, 1.54) is 12.8 Å². The van der Waals surface area contributed by atoms with Crippen LogP contribution in [-0.2, 0) is 9.53 Å². The maximum absolute atomic E-state index is 12.0. The summed E-state index contributed by atoms with van der Waals surface area (Å²) < 4.78 is 5.26. The van der Waals surface area contributed by atoms with E-state index in [9.17, 15) is 4.79 Å². The van der Waals surface area contributed by atoms with E-state index >= 15 is 0 Å². The molecule has 0 aliphatic carbocycles. The van der Waals surface area contributed by atoms with Crippen molar-refractivity contribution in [2.24, 2.45) is 5.92 Å². The minimum absolute atomic E-state index is 0.275. The van der Waals surface area contributed by atoms with Crippen LogP contribution in [0.4, 0.5) is 0 Å². The third-order valence-electron chi connectivity index (χ3n) is 4.37. The number of hydrogen-bond acceptors (Lipinski definition) is 4. The first-order valence-electron chi connectivity index (χ1n) is 7.98. The van der Waals surface area contributed by atoms with Gasteiger partial charge in [-0.25, -0.2) is 0 Å². The molecule has 5 heteroatoms. The number of nitrogens with zero attached hydrogens (tertiary/aromatic N) is 2. The average Bonchev–Trinajstić information content (AvgIpc) is 2.49. The Bertz CT molecular complexity index is 291. The van der Waals surface area contributed by atoms with Crippen molar-refractivity contribution in [3.8, 4) is 0 Å². The molecule has 20 heavy (non-hydrogen) atoms. The highest BCUT2D eigenvalue weighted by molar-refractivity contribution is 5.76. The van der Waals surface area contributed by atoms with Crippen molar-refractivity contribution in [3.63, 3.8) is 0 Å². The summed E-state index contributed by atoms with van der Waals surface area (Å²) in [6, 6.07) is 0. The molecule has 2 saturated heterocycles. The van der Waals surface area contributed by atoms with Crippen LogP contribution in [0.5, 0.6) is 0 Å². The van der Waals surface area contributed by atoms with Crippen molar-refractivity contribution in [1.82, 2.24) is 9.80 Å². The number of aliphatic hydroxyl groups is 1. The molecule has 0 aromatic heterocycles. The molecule has 0 aromatic carbocycles. The third-order valence-corrected chi connectivity index (χ3v) is 4.37. The fraction of sp³-hybridized carbons (Fsp3) is 0.933. The van der Waals surface area contributed by atoms with Crippen LogP contribution >= 0.6 is 0 Å². The van der Waals surface area contributed by atoms with E-state index in [1.54, 1.807) is 0 Å². The second kappa shape index (κ2) is 8.60. The highest BCUT2D eigenvalue weighted by atomic mass is 16.5. The minimum Gasteiger partial charge on any atom is -0.396 e. The Kier molecular flexibility index (Phi) is 6.76. The maximum Gasteiger partial charge on any atom is 0.222 e. The predicted molar refractivity (Wildman–Crippen MR) is 77.5 cm³/mol. The van der Waals surface area contributed by atoms with E-state index in [2.05, 4.69) is 4.90 Å². The van der Waals surface area contributed by atoms with Gasteiger partial charge in [0.1, 0.15) is 0 Å². The Morgan fingerprint density at radius 3 is 2.80 bits per heavy atom. The highest BCUT2D eigenvalue weighted by Gasteiger charge is 2.20. The van der Waals surface area contributed by atoms with Crippen LogP contribution in [0.1, 0.15) is 32.1 Å². The molecule has 2 fully saturated rings. The van der Waals surface area contributed by atoms with Gasteiger partial charge in [0.05, 0.1) is 13.2 Å². The highest BCUT2D eigenvalue weighted by Crippen LogP contribution is 2.19. The molecule has 116 valence electrons. The van der Waals surface area contributed by atoms with Gasteiger partial charge in [-0.05, 0) is 44.7 Å². The number of likely N-dealkylation sites (tertiary alicyclic amines) is 1. The summed E-state index contributed by atoms with van der Waals surface area (Å²) in [5.74, 6) is 0.918. The van der Waals surface area contributed by atoms with Gasteiger partial charge < -0.3 is 19.6 Å². The van der Waals surface area contributed by atoms with Gasteiger partial charge in [-0.2, -0.15) is 0 Å². The lowest BCUT2D eigenvalue weighted by Crippen LogP contribution is -2.41. The molecule has 0 radical (unpaired) electrons. The monoisotopic (exact) mass is 284 g/mol. The summed E-state index contributed by atoms with van der Waals surface area (Å²) in [6.45, 7) is 6.41. The summed E-state index contributed by atoms with van der Waals surface area (Å²) >= 11 is 0. The van der Waals surface area contributed by atoms with Gasteiger partial charge >= 0.3 is 0 Å². The molecule has 2 aliphatic heterocycles. The summed E-state index contributed by atoms with van der Waals surface area (Å²) in [5, 5.41) is 9.02. The van der Waals surface area contributed by atoms with Crippen molar-refractivity contribution < 1.29 is 14.6 Å². The normalized spacial score (nSPS) is 24.9. The van der Waals surface area contributed by atoms with Gasteiger partial charge in [-0.1, -0.05) is 0 Å². The second-order valence-corrected chi connectivity index (χ2v) is 5.92. The lowest BCUT2D eigenvalue weighted by atomic mass is 9.95. The lowest BCUT2D eigenvalue weighted by molar-refractivity contribution is -0.135. The van der Waals surface area contributed by atoms with Crippen molar-refractivity contribution in [1.29, 1.82) is 0 Å². The number of rotatable bonds is 6. The van der Waals surface area contributed by atoms with Gasteiger partial charge in [-0.15, -0.1) is 0 Å². The summed E-state index contributed by atoms with van der Waals surface area (Å²) in [4.78, 5) is 16.4. The van der Waals surface area contributed by atoms with Crippen molar-refractivity contribution in [3.05, 3.63) is 0 Å². The van der Waals surface area contributed by atoms with Crippen molar-refractivity contribution in [2.45, 2.75) is 32.1 Å². The molecule has 2 heterocycles. The molecule has 1 amide bonds. The molecular formula is C15H28N2O3. The fourth-order valence-corrected chi connectivity index (χ4v) is 3.20. The topological polar surface area (TPSA) is 53.0 Å². The zero-order valence-electron chi connectivity index (χ0n) is 12.4. The molecule has 0 saturated carbocycles. The van der Waals surface area contributed by atoms with Gasteiger partial charge in [0.15, 0.2) is 0 Å². The summed E-state index contributed by atoms with van der Waals surface area (Å²) in [5.41, 5.74) is 0. The van der Waals surface area contributed by atoms with Crippen LogP contribution in [0.15, 0.2) is 0 Å². The lowest BCUT2D eigenvalue weighted by Gasteiger charge is -2.32. The Hall–Kier alpha value is -0.650. The maximum atomic E-state index is 12.0. The number of piperidine rings is 1. The minimum atomic E-state index is 0.275. The summed E-state index contributed by atoms with van der Waals surface area (Å²) in [6.07, 6.45) is 4.98. The van der Waals surface area contributed by atoms with E-state index in [0.717, 1.165) is 45.6 Å². The molecule has 1 unspecified atom stereocenters. The van der Waals surface area contributed by atoms with Gasteiger partial charge in [0.2, 0.25) is 5.91 Å². The first-order chi connectivity index (χ1) is 9.79.